The summed E-state index contributed by atoms with van der Waals surface area (Å²) < 4.78 is 12.1. The first-order chi connectivity index (χ1) is 14.9. The van der Waals surface area contributed by atoms with Gasteiger partial charge in [0.2, 0.25) is 11.1 Å². The number of hydrogen-bond acceptors (Lipinski definition) is 9. The highest BCUT2D eigenvalue weighted by Gasteiger charge is 2.17. The summed E-state index contributed by atoms with van der Waals surface area (Å²) in [5.41, 5.74) is 2.53. The zero-order valence-electron chi connectivity index (χ0n) is 17.4. The number of anilines is 1. The summed E-state index contributed by atoms with van der Waals surface area (Å²) >= 11 is 2.39. The van der Waals surface area contributed by atoms with Crippen LogP contribution in [0.3, 0.4) is 0 Å². The number of ether oxygens (including phenoxy) is 2. The van der Waals surface area contributed by atoms with Gasteiger partial charge in [0.15, 0.2) is 5.82 Å². The van der Waals surface area contributed by atoms with Crippen LogP contribution in [-0.4, -0.2) is 39.1 Å². The van der Waals surface area contributed by atoms with Crippen molar-refractivity contribution in [2.45, 2.75) is 32.5 Å². The predicted molar refractivity (Wildman–Crippen MR) is 120 cm³/mol. The Hall–Kier alpha value is -3.05. The molecule has 0 saturated heterocycles. The van der Waals surface area contributed by atoms with Crippen LogP contribution in [-0.2, 0) is 16.1 Å². The number of thioether (sulfide) groups is 1. The highest BCUT2D eigenvalue weighted by Crippen LogP contribution is 2.25. The minimum Gasteiger partial charge on any atom is -0.486 e. The lowest BCUT2D eigenvalue weighted by atomic mass is 10.1. The van der Waals surface area contributed by atoms with Crippen molar-refractivity contribution >= 4 is 40.0 Å². The molecule has 0 aliphatic carbocycles. The molecule has 9 nitrogen and oxygen atoms in total. The number of hydrogen-bond donors (Lipinski definition) is 2. The average Bonchev–Trinajstić information content (AvgIpc) is 3.31. The smallest absolute Gasteiger partial charge is 0.341 e. The molecule has 11 heteroatoms. The molecule has 31 heavy (non-hydrogen) atoms. The van der Waals surface area contributed by atoms with Crippen molar-refractivity contribution in [3.8, 4) is 5.75 Å². The zero-order valence-corrected chi connectivity index (χ0v) is 19.0. The molecule has 1 amide bonds. The van der Waals surface area contributed by atoms with Crippen LogP contribution in [0.4, 0.5) is 5.00 Å². The average molecular weight is 462 g/mol. The lowest BCUT2D eigenvalue weighted by Crippen LogP contribution is -2.18. The summed E-state index contributed by atoms with van der Waals surface area (Å²) in [6.07, 6.45) is 0. The van der Waals surface area contributed by atoms with Gasteiger partial charge in [-0.15, -0.1) is 21.5 Å². The van der Waals surface area contributed by atoms with Crippen LogP contribution in [0.25, 0.3) is 0 Å². The Kier molecular flexibility index (Phi) is 7.53. The molecule has 0 radical (unpaired) electrons. The van der Waals surface area contributed by atoms with Crippen LogP contribution in [0.15, 0.2) is 34.8 Å². The molecule has 3 N–H and O–H groups in total. The molecule has 164 valence electrons. The number of amides is 1. The highest BCUT2D eigenvalue weighted by atomic mass is 32.2. The van der Waals surface area contributed by atoms with Crippen LogP contribution in [0.1, 0.15) is 34.2 Å². The van der Waals surface area contributed by atoms with E-state index in [9.17, 15) is 9.59 Å². The second kappa shape index (κ2) is 10.3. The third-order valence-electron chi connectivity index (χ3n) is 4.04. The van der Waals surface area contributed by atoms with Crippen molar-refractivity contribution in [3.05, 3.63) is 52.2 Å². The minimum absolute atomic E-state index is 0.0490. The third-order valence-corrected chi connectivity index (χ3v) is 5.82. The quantitative estimate of drug-likeness (QED) is 0.283. The monoisotopic (exact) mass is 461 g/mol. The van der Waals surface area contributed by atoms with E-state index >= 15 is 0 Å². The summed E-state index contributed by atoms with van der Waals surface area (Å²) in [4.78, 5) is 24.2. The maximum Gasteiger partial charge on any atom is 0.341 e. The molecule has 0 atom stereocenters. The van der Waals surface area contributed by atoms with Gasteiger partial charge in [0.05, 0.1) is 17.9 Å². The van der Waals surface area contributed by atoms with E-state index in [1.807, 2.05) is 26.0 Å². The van der Waals surface area contributed by atoms with Gasteiger partial charge >= 0.3 is 5.97 Å². The molecule has 0 fully saturated rings. The number of aryl methyl sites for hydroxylation is 2. The van der Waals surface area contributed by atoms with Gasteiger partial charge in [-0.25, -0.2) is 9.47 Å². The summed E-state index contributed by atoms with van der Waals surface area (Å²) in [6.45, 7) is 6.13. The van der Waals surface area contributed by atoms with Gasteiger partial charge in [0.1, 0.15) is 17.4 Å². The minimum atomic E-state index is -0.471. The number of nitrogens with two attached hydrogens (primary N) is 1. The molecule has 1 aromatic carbocycles. The van der Waals surface area contributed by atoms with Gasteiger partial charge in [-0.2, -0.15) is 0 Å². The van der Waals surface area contributed by atoms with Gasteiger partial charge in [-0.05, 0) is 55.5 Å². The molecule has 0 aliphatic rings. The van der Waals surface area contributed by atoms with E-state index in [0.717, 1.165) is 28.6 Å². The highest BCUT2D eigenvalue weighted by molar-refractivity contribution is 7.99. The number of nitrogens with zero attached hydrogens (tertiary/aromatic N) is 3. The summed E-state index contributed by atoms with van der Waals surface area (Å²) in [5, 5.41) is 13.3. The molecule has 0 spiro atoms. The van der Waals surface area contributed by atoms with Crippen LogP contribution in [0, 0.1) is 13.8 Å². The molecule has 0 unspecified atom stereocenters. The summed E-state index contributed by atoms with van der Waals surface area (Å²) in [5.74, 6) is 6.49. The number of carbonyl (C=O) groups excluding carboxylic acids is 2. The molecule has 3 rings (SSSR count). The number of esters is 1. The Bertz CT molecular complexity index is 1060. The Morgan fingerprint density at radius 1 is 1.23 bits per heavy atom. The molecular formula is C20H23N5O4S2. The maximum atomic E-state index is 12.3. The second-order valence-corrected chi connectivity index (χ2v) is 8.46. The number of nitrogens with one attached hydrogen (secondary N) is 1. The van der Waals surface area contributed by atoms with Gasteiger partial charge in [-0.1, -0.05) is 17.8 Å². The second-order valence-electron chi connectivity index (χ2n) is 6.60. The number of carbonyl (C=O) groups is 2. The fourth-order valence-corrected chi connectivity index (χ4v) is 4.20. The van der Waals surface area contributed by atoms with Crippen molar-refractivity contribution in [3.63, 3.8) is 0 Å². The standard InChI is InChI=1S/C20H23N5O4S2/c1-4-28-19(27)15-5-6-30-18(15)22-17(26)11-31-20-24-23-16(25(20)21)10-29-14-8-12(2)7-13(3)9-14/h5-9H,4,10-11,21H2,1-3H3,(H,22,26). The van der Waals surface area contributed by atoms with Gasteiger partial charge in [0.25, 0.3) is 0 Å². The number of thiophene rings is 1. The van der Waals surface area contributed by atoms with Crippen LogP contribution >= 0.6 is 23.1 Å². The number of rotatable bonds is 9. The van der Waals surface area contributed by atoms with E-state index in [1.165, 1.54) is 16.0 Å². The first-order valence-electron chi connectivity index (χ1n) is 9.45. The van der Waals surface area contributed by atoms with Crippen molar-refractivity contribution in [1.29, 1.82) is 0 Å². The maximum absolute atomic E-state index is 12.3. The van der Waals surface area contributed by atoms with Crippen molar-refractivity contribution in [1.82, 2.24) is 14.9 Å². The van der Waals surface area contributed by atoms with Gasteiger partial charge in [0, 0.05) is 0 Å². The van der Waals surface area contributed by atoms with E-state index in [2.05, 4.69) is 21.6 Å². The largest absolute Gasteiger partial charge is 0.486 e. The van der Waals surface area contributed by atoms with Crippen molar-refractivity contribution in [2.24, 2.45) is 0 Å². The fourth-order valence-electron chi connectivity index (χ4n) is 2.74. The summed E-state index contributed by atoms with van der Waals surface area (Å²) in [7, 11) is 0. The number of aromatic nitrogens is 3. The van der Waals surface area contributed by atoms with Crippen LogP contribution < -0.4 is 15.9 Å². The molecule has 3 aromatic rings. The normalized spacial score (nSPS) is 10.7. The topological polar surface area (TPSA) is 121 Å². The lowest BCUT2D eigenvalue weighted by molar-refractivity contribution is -0.113. The van der Waals surface area contributed by atoms with E-state index in [-0.39, 0.29) is 24.9 Å². The molecule has 0 saturated carbocycles. The van der Waals surface area contributed by atoms with Crippen molar-refractivity contribution in [2.75, 3.05) is 23.5 Å². The Morgan fingerprint density at radius 3 is 2.68 bits per heavy atom. The first-order valence-corrected chi connectivity index (χ1v) is 11.3. The Balaban J connectivity index is 1.54. The van der Waals surface area contributed by atoms with Crippen LogP contribution in [0.2, 0.25) is 0 Å². The van der Waals surface area contributed by atoms with E-state index in [0.29, 0.717) is 21.5 Å². The van der Waals surface area contributed by atoms with Crippen LogP contribution in [0.5, 0.6) is 5.75 Å². The van der Waals surface area contributed by atoms with Gasteiger partial charge < -0.3 is 20.6 Å². The zero-order chi connectivity index (χ0) is 22.4. The number of nitrogen functional groups attached to an aromatic ring is 1. The summed E-state index contributed by atoms with van der Waals surface area (Å²) in [6, 6.07) is 7.53. The number of benzene rings is 1. The lowest BCUT2D eigenvalue weighted by Gasteiger charge is -2.08. The SMILES string of the molecule is CCOC(=O)c1ccsc1NC(=O)CSc1nnc(COc2cc(C)cc(C)c2)n1N. The van der Waals surface area contributed by atoms with E-state index in [1.54, 1.807) is 18.4 Å². The first kappa shape index (κ1) is 22.6. The molecule has 2 heterocycles. The predicted octanol–water partition coefficient (Wildman–Crippen LogP) is 3.16. The van der Waals surface area contributed by atoms with E-state index in [4.69, 9.17) is 15.3 Å². The Labute approximate surface area is 187 Å². The molecule has 2 aromatic heterocycles. The van der Waals surface area contributed by atoms with Crippen molar-refractivity contribution < 1.29 is 19.1 Å². The fraction of sp³-hybridized carbons (Fsp3) is 0.300. The molecular weight excluding hydrogens is 438 g/mol. The third kappa shape index (κ3) is 5.98. The Morgan fingerprint density at radius 2 is 1.97 bits per heavy atom. The molecule has 0 aliphatic heterocycles. The molecule has 0 bridgehead atoms. The van der Waals surface area contributed by atoms with E-state index < -0.39 is 5.97 Å². The van der Waals surface area contributed by atoms with Gasteiger partial charge in [-0.3, -0.25) is 4.79 Å².